The number of amides is 2. The van der Waals surface area contributed by atoms with Crippen molar-refractivity contribution >= 4 is 17.6 Å². The fourth-order valence-corrected chi connectivity index (χ4v) is 4.38. The van der Waals surface area contributed by atoms with Crippen LogP contribution in [-0.2, 0) is 18.4 Å². The molecule has 2 atom stereocenters. The monoisotopic (exact) mass is 476 g/mol. The molecule has 3 aromatic rings. The number of nitrogens with zero attached hydrogens (tertiary/aromatic N) is 2. The summed E-state index contributed by atoms with van der Waals surface area (Å²) < 4.78 is 7.75. The molecule has 4 rings (SSSR count). The summed E-state index contributed by atoms with van der Waals surface area (Å²) in [4.78, 5) is 52.8. The zero-order valence-corrected chi connectivity index (χ0v) is 19.9. The number of fused-ring (bicyclic) bond motifs is 1. The largest absolute Gasteiger partial charge is 0.497 e. The predicted octanol–water partition coefficient (Wildman–Crippen LogP) is 2.24. The molecule has 1 aliphatic rings. The van der Waals surface area contributed by atoms with E-state index in [1.807, 2.05) is 6.92 Å². The number of aromatic nitrogens is 2. The third-order valence-electron chi connectivity index (χ3n) is 6.28. The molecule has 0 saturated carbocycles. The second-order valence-electron chi connectivity index (χ2n) is 8.47. The summed E-state index contributed by atoms with van der Waals surface area (Å²) in [5.74, 6) is -0.962. The molecule has 1 aliphatic heterocycles. The van der Waals surface area contributed by atoms with Gasteiger partial charge >= 0.3 is 5.69 Å². The maximum absolute atomic E-state index is 13.4. The van der Waals surface area contributed by atoms with Crippen LogP contribution in [0.4, 0.5) is 5.82 Å². The third-order valence-corrected chi connectivity index (χ3v) is 6.28. The smallest absolute Gasteiger partial charge is 0.332 e. The molecule has 35 heavy (non-hydrogen) atoms. The van der Waals surface area contributed by atoms with Crippen molar-refractivity contribution < 1.29 is 14.3 Å². The highest BCUT2D eigenvalue weighted by atomic mass is 16.5. The summed E-state index contributed by atoms with van der Waals surface area (Å²) in [5.41, 5.74) is 0.269. The average molecular weight is 477 g/mol. The lowest BCUT2D eigenvalue weighted by molar-refractivity contribution is -0.118. The van der Waals surface area contributed by atoms with E-state index in [0.29, 0.717) is 29.8 Å². The van der Waals surface area contributed by atoms with Crippen molar-refractivity contribution in [1.29, 1.82) is 0 Å². The van der Waals surface area contributed by atoms with Gasteiger partial charge in [-0.05, 0) is 36.2 Å². The molecule has 0 bridgehead atoms. The van der Waals surface area contributed by atoms with Gasteiger partial charge in [-0.2, -0.15) is 0 Å². The Kier molecular flexibility index (Phi) is 6.86. The van der Waals surface area contributed by atoms with Gasteiger partial charge in [-0.3, -0.25) is 23.5 Å². The maximum Gasteiger partial charge on any atom is 0.332 e. The lowest BCUT2D eigenvalue weighted by Crippen LogP contribution is -2.55. The summed E-state index contributed by atoms with van der Waals surface area (Å²) in [7, 11) is 2.97. The quantitative estimate of drug-likeness (QED) is 0.543. The van der Waals surface area contributed by atoms with Gasteiger partial charge in [0.2, 0.25) is 5.91 Å². The van der Waals surface area contributed by atoms with Gasteiger partial charge in [0.05, 0.1) is 12.7 Å². The molecule has 0 fully saturated rings. The van der Waals surface area contributed by atoms with Crippen LogP contribution in [0.2, 0.25) is 0 Å². The van der Waals surface area contributed by atoms with Crippen molar-refractivity contribution in [2.24, 2.45) is 7.05 Å². The molecule has 0 unspecified atom stereocenters. The highest BCUT2D eigenvalue weighted by molar-refractivity contribution is 6.03. The maximum atomic E-state index is 13.4. The molecule has 182 valence electrons. The van der Waals surface area contributed by atoms with Crippen LogP contribution in [0.1, 0.15) is 47.2 Å². The average Bonchev–Trinajstić information content (AvgIpc) is 2.88. The van der Waals surface area contributed by atoms with Gasteiger partial charge in [0.25, 0.3) is 11.5 Å². The molecule has 9 nitrogen and oxygen atoms in total. The van der Waals surface area contributed by atoms with Crippen LogP contribution in [0.5, 0.6) is 5.75 Å². The van der Waals surface area contributed by atoms with Gasteiger partial charge in [0.15, 0.2) is 0 Å². The zero-order chi connectivity index (χ0) is 25.1. The molecule has 2 amide bonds. The molecule has 2 N–H and O–H groups in total. The highest BCUT2D eigenvalue weighted by Gasteiger charge is 2.42. The number of benzene rings is 2. The Morgan fingerprint density at radius 1 is 1.06 bits per heavy atom. The number of anilines is 1. The lowest BCUT2D eigenvalue weighted by Gasteiger charge is -2.34. The molecular weight excluding hydrogens is 448 g/mol. The fourth-order valence-electron chi connectivity index (χ4n) is 4.38. The number of ether oxygens (including phenoxy) is 1. The lowest BCUT2D eigenvalue weighted by atomic mass is 9.82. The first kappa shape index (κ1) is 24.0. The minimum absolute atomic E-state index is 0.183. The van der Waals surface area contributed by atoms with Crippen molar-refractivity contribution in [3.8, 4) is 5.75 Å². The van der Waals surface area contributed by atoms with Gasteiger partial charge in [-0.25, -0.2) is 4.79 Å². The molecule has 0 radical (unpaired) electrons. The zero-order valence-electron chi connectivity index (χ0n) is 19.9. The third kappa shape index (κ3) is 4.49. The van der Waals surface area contributed by atoms with Crippen LogP contribution in [0.25, 0.3) is 0 Å². The van der Waals surface area contributed by atoms with Crippen molar-refractivity contribution in [3.63, 3.8) is 0 Å². The van der Waals surface area contributed by atoms with E-state index < -0.39 is 35.0 Å². The Morgan fingerprint density at radius 2 is 1.74 bits per heavy atom. The summed E-state index contributed by atoms with van der Waals surface area (Å²) in [6.07, 6.45) is 1.53. The summed E-state index contributed by atoms with van der Waals surface area (Å²) in [5, 5.41) is 5.56. The SMILES string of the molecule is CCCCn1c2c(c(=O)n(C)c1=O)[C@@H](c1ccc(OC)cc1)[C@H](NC(=O)c1ccccc1)C(=O)N2. The Labute approximate surface area is 202 Å². The topological polar surface area (TPSA) is 111 Å². The van der Waals surface area contributed by atoms with Gasteiger partial charge in [-0.15, -0.1) is 0 Å². The second kappa shape index (κ2) is 10.0. The number of nitrogens with one attached hydrogen (secondary N) is 2. The minimum Gasteiger partial charge on any atom is -0.497 e. The van der Waals surface area contributed by atoms with Gasteiger partial charge in [0, 0.05) is 25.1 Å². The van der Waals surface area contributed by atoms with E-state index in [0.717, 1.165) is 11.0 Å². The van der Waals surface area contributed by atoms with Crippen molar-refractivity contribution in [2.75, 3.05) is 12.4 Å². The first-order chi connectivity index (χ1) is 16.9. The molecule has 1 aromatic heterocycles. The van der Waals surface area contributed by atoms with E-state index in [-0.39, 0.29) is 11.4 Å². The predicted molar refractivity (Wildman–Crippen MR) is 132 cm³/mol. The van der Waals surface area contributed by atoms with E-state index in [1.54, 1.807) is 61.7 Å². The van der Waals surface area contributed by atoms with Crippen LogP contribution in [-0.4, -0.2) is 34.1 Å². The number of unbranched alkanes of at least 4 members (excludes halogenated alkanes) is 1. The molecule has 2 aromatic carbocycles. The number of carbonyl (C=O) groups is 2. The normalized spacial score (nSPS) is 16.8. The highest BCUT2D eigenvalue weighted by Crippen LogP contribution is 2.35. The number of hydrogen-bond donors (Lipinski definition) is 2. The first-order valence-electron chi connectivity index (χ1n) is 11.5. The Hall–Kier alpha value is -4.14. The Balaban J connectivity index is 1.90. The fraction of sp³-hybridized carbons (Fsp3) is 0.308. The van der Waals surface area contributed by atoms with Crippen molar-refractivity contribution in [3.05, 3.63) is 92.1 Å². The number of methoxy groups -OCH3 is 1. The van der Waals surface area contributed by atoms with Gasteiger partial charge in [0.1, 0.15) is 17.6 Å². The van der Waals surface area contributed by atoms with E-state index in [4.69, 9.17) is 4.74 Å². The van der Waals surface area contributed by atoms with E-state index >= 15 is 0 Å². The van der Waals surface area contributed by atoms with Crippen LogP contribution >= 0.6 is 0 Å². The standard InChI is InChI=1S/C26H28N4O5/c1-4-5-15-30-22-20(25(33)29(2)26(30)34)19(16-11-13-18(35-3)14-12-16)21(24(32)28-22)27-23(31)17-9-7-6-8-10-17/h6-14,19,21H,4-5,15H2,1-3H3,(H,27,31)(H,28,32)/t19-,21+/m1/s1. The second-order valence-corrected chi connectivity index (χ2v) is 8.47. The molecule has 0 spiro atoms. The summed E-state index contributed by atoms with van der Waals surface area (Å²) in [6, 6.07) is 14.4. The number of hydrogen-bond acceptors (Lipinski definition) is 5. The van der Waals surface area contributed by atoms with E-state index in [1.165, 1.54) is 11.6 Å². The molecule has 9 heteroatoms. The van der Waals surface area contributed by atoms with Crippen LogP contribution in [0.15, 0.2) is 64.2 Å². The van der Waals surface area contributed by atoms with Crippen LogP contribution in [0, 0.1) is 0 Å². The van der Waals surface area contributed by atoms with Crippen LogP contribution < -0.4 is 26.6 Å². The summed E-state index contributed by atoms with van der Waals surface area (Å²) >= 11 is 0. The Morgan fingerprint density at radius 3 is 2.37 bits per heavy atom. The van der Waals surface area contributed by atoms with E-state index in [9.17, 15) is 19.2 Å². The molecule has 0 aliphatic carbocycles. The van der Waals surface area contributed by atoms with Gasteiger partial charge in [-0.1, -0.05) is 43.7 Å². The van der Waals surface area contributed by atoms with Crippen molar-refractivity contribution in [2.45, 2.75) is 38.3 Å². The molecule has 0 saturated heterocycles. The molecular formula is C26H28N4O5. The van der Waals surface area contributed by atoms with E-state index in [2.05, 4.69) is 10.6 Å². The first-order valence-corrected chi connectivity index (χ1v) is 11.5. The molecule has 2 heterocycles. The number of rotatable bonds is 7. The Bertz CT molecular complexity index is 1360. The van der Waals surface area contributed by atoms with Gasteiger partial charge < -0.3 is 15.4 Å². The van der Waals surface area contributed by atoms with Crippen LogP contribution in [0.3, 0.4) is 0 Å². The summed E-state index contributed by atoms with van der Waals surface area (Å²) in [6.45, 7) is 2.34. The number of carbonyl (C=O) groups excluding carboxylic acids is 2. The van der Waals surface area contributed by atoms with Crippen molar-refractivity contribution in [1.82, 2.24) is 14.5 Å². The minimum atomic E-state index is -1.08.